The number of benzene rings is 1. The predicted octanol–water partition coefficient (Wildman–Crippen LogP) is 2.04. The summed E-state index contributed by atoms with van der Waals surface area (Å²) < 4.78 is 4.95. The van der Waals surface area contributed by atoms with Crippen molar-refractivity contribution < 1.29 is 9.53 Å². The molecule has 0 unspecified atom stereocenters. The summed E-state index contributed by atoms with van der Waals surface area (Å²) in [6.07, 6.45) is 0.442. The number of aryl methyl sites for hydroxylation is 1. The minimum absolute atomic E-state index is 0.142. The minimum Gasteiger partial charge on any atom is -0.464 e. The van der Waals surface area contributed by atoms with Crippen LogP contribution in [0.4, 0.5) is 0 Å². The zero-order valence-electron chi connectivity index (χ0n) is 9.95. The Hall–Kier alpha value is -1.35. The Morgan fingerprint density at radius 3 is 2.62 bits per heavy atom. The second-order valence-electron chi connectivity index (χ2n) is 3.74. The maximum atomic E-state index is 10.8. The summed E-state index contributed by atoms with van der Waals surface area (Å²) in [6.45, 7) is 5.81. The summed E-state index contributed by atoms with van der Waals surface area (Å²) in [6, 6.07) is 8.38. The molecule has 3 nitrogen and oxygen atoms in total. The number of carbonyl (C=O) groups is 1. The molecule has 0 aliphatic rings. The number of esters is 1. The van der Waals surface area contributed by atoms with Crippen LogP contribution in [-0.4, -0.2) is 19.1 Å². The van der Waals surface area contributed by atoms with E-state index in [-0.39, 0.29) is 5.97 Å². The molecule has 0 fully saturated rings. The van der Waals surface area contributed by atoms with Crippen LogP contribution in [0.1, 0.15) is 24.5 Å². The van der Waals surface area contributed by atoms with Gasteiger partial charge in [0.05, 0.1) is 0 Å². The van der Waals surface area contributed by atoms with Crippen molar-refractivity contribution in [3.63, 3.8) is 0 Å². The highest BCUT2D eigenvalue weighted by Crippen LogP contribution is 2.02. The topological polar surface area (TPSA) is 38.3 Å². The summed E-state index contributed by atoms with van der Waals surface area (Å²) in [5, 5.41) is 3.22. The standard InChI is InChI=1S/C13H19NO2/c1-3-13(15)16-9-8-14-10-12-6-4-11(2)5-7-12/h4-7,14H,3,8-10H2,1-2H3. The van der Waals surface area contributed by atoms with E-state index in [1.165, 1.54) is 11.1 Å². The first-order valence-electron chi connectivity index (χ1n) is 5.64. The van der Waals surface area contributed by atoms with Crippen LogP contribution in [-0.2, 0) is 16.1 Å². The molecule has 0 heterocycles. The van der Waals surface area contributed by atoms with E-state index in [0.717, 1.165) is 6.54 Å². The van der Waals surface area contributed by atoms with E-state index in [0.29, 0.717) is 19.6 Å². The number of carbonyl (C=O) groups excluding carboxylic acids is 1. The second-order valence-corrected chi connectivity index (χ2v) is 3.74. The van der Waals surface area contributed by atoms with Crippen molar-refractivity contribution in [2.24, 2.45) is 0 Å². The molecular formula is C13H19NO2. The lowest BCUT2D eigenvalue weighted by molar-refractivity contribution is -0.143. The van der Waals surface area contributed by atoms with Gasteiger partial charge in [-0.05, 0) is 12.5 Å². The van der Waals surface area contributed by atoms with Gasteiger partial charge >= 0.3 is 5.97 Å². The Bertz CT molecular complexity index is 319. The minimum atomic E-state index is -0.142. The quantitative estimate of drug-likeness (QED) is 0.590. The fourth-order valence-corrected chi connectivity index (χ4v) is 1.28. The lowest BCUT2D eigenvalue weighted by Crippen LogP contribution is -2.20. The molecule has 0 aromatic heterocycles. The fourth-order valence-electron chi connectivity index (χ4n) is 1.28. The average molecular weight is 221 g/mol. The maximum Gasteiger partial charge on any atom is 0.305 e. The third kappa shape index (κ3) is 4.94. The van der Waals surface area contributed by atoms with Gasteiger partial charge in [-0.3, -0.25) is 4.79 Å². The average Bonchev–Trinajstić information content (AvgIpc) is 2.31. The van der Waals surface area contributed by atoms with Gasteiger partial charge in [-0.1, -0.05) is 36.8 Å². The van der Waals surface area contributed by atoms with Crippen molar-refractivity contribution in [2.45, 2.75) is 26.8 Å². The van der Waals surface area contributed by atoms with Crippen LogP contribution < -0.4 is 5.32 Å². The summed E-state index contributed by atoms with van der Waals surface area (Å²) in [7, 11) is 0. The number of ether oxygens (including phenoxy) is 1. The normalized spacial score (nSPS) is 10.1. The third-order valence-electron chi connectivity index (χ3n) is 2.28. The number of rotatable bonds is 6. The molecule has 3 heteroatoms. The molecule has 0 radical (unpaired) electrons. The van der Waals surface area contributed by atoms with Gasteiger partial charge < -0.3 is 10.1 Å². The van der Waals surface area contributed by atoms with E-state index in [4.69, 9.17) is 4.74 Å². The Kier molecular flexibility index (Phi) is 5.57. The molecule has 1 aromatic rings. The van der Waals surface area contributed by atoms with Gasteiger partial charge in [0.1, 0.15) is 6.61 Å². The zero-order chi connectivity index (χ0) is 11.8. The van der Waals surface area contributed by atoms with Gasteiger partial charge in [-0.25, -0.2) is 0 Å². The first-order chi connectivity index (χ1) is 7.72. The smallest absolute Gasteiger partial charge is 0.305 e. The van der Waals surface area contributed by atoms with E-state index < -0.39 is 0 Å². The molecule has 0 aliphatic carbocycles. The monoisotopic (exact) mass is 221 g/mol. The van der Waals surface area contributed by atoms with Gasteiger partial charge in [0.2, 0.25) is 0 Å². The van der Waals surface area contributed by atoms with Crippen molar-refractivity contribution >= 4 is 5.97 Å². The van der Waals surface area contributed by atoms with E-state index in [9.17, 15) is 4.79 Å². The predicted molar refractivity (Wildman–Crippen MR) is 64.1 cm³/mol. The zero-order valence-corrected chi connectivity index (χ0v) is 9.95. The maximum absolute atomic E-state index is 10.8. The number of nitrogens with one attached hydrogen (secondary N) is 1. The van der Waals surface area contributed by atoms with Crippen molar-refractivity contribution in [2.75, 3.05) is 13.2 Å². The van der Waals surface area contributed by atoms with Crippen LogP contribution in [0.3, 0.4) is 0 Å². The molecule has 0 atom stereocenters. The van der Waals surface area contributed by atoms with E-state index in [1.54, 1.807) is 6.92 Å². The van der Waals surface area contributed by atoms with E-state index >= 15 is 0 Å². The number of hydrogen-bond acceptors (Lipinski definition) is 3. The van der Waals surface area contributed by atoms with Gasteiger partial charge in [-0.2, -0.15) is 0 Å². The van der Waals surface area contributed by atoms with Gasteiger partial charge in [0, 0.05) is 19.5 Å². The van der Waals surface area contributed by atoms with Gasteiger partial charge in [0.15, 0.2) is 0 Å². The first-order valence-corrected chi connectivity index (χ1v) is 5.64. The SMILES string of the molecule is CCC(=O)OCCNCc1ccc(C)cc1. The highest BCUT2D eigenvalue weighted by atomic mass is 16.5. The largest absolute Gasteiger partial charge is 0.464 e. The first kappa shape index (κ1) is 12.7. The highest BCUT2D eigenvalue weighted by molar-refractivity contribution is 5.68. The van der Waals surface area contributed by atoms with Gasteiger partial charge in [0.25, 0.3) is 0 Å². The van der Waals surface area contributed by atoms with Crippen LogP contribution in [0.2, 0.25) is 0 Å². The molecule has 16 heavy (non-hydrogen) atoms. The molecule has 1 rings (SSSR count). The Morgan fingerprint density at radius 2 is 2.00 bits per heavy atom. The van der Waals surface area contributed by atoms with Crippen LogP contribution in [0.15, 0.2) is 24.3 Å². The van der Waals surface area contributed by atoms with Gasteiger partial charge in [-0.15, -0.1) is 0 Å². The second kappa shape index (κ2) is 7.01. The van der Waals surface area contributed by atoms with Crippen LogP contribution in [0.5, 0.6) is 0 Å². The molecular weight excluding hydrogens is 202 g/mol. The van der Waals surface area contributed by atoms with Crippen molar-refractivity contribution in [1.82, 2.24) is 5.32 Å². The van der Waals surface area contributed by atoms with E-state index in [1.807, 2.05) is 0 Å². The lowest BCUT2D eigenvalue weighted by Gasteiger charge is -2.06. The van der Waals surface area contributed by atoms with Crippen molar-refractivity contribution in [3.05, 3.63) is 35.4 Å². The lowest BCUT2D eigenvalue weighted by atomic mass is 10.1. The third-order valence-corrected chi connectivity index (χ3v) is 2.28. The summed E-state index contributed by atoms with van der Waals surface area (Å²) in [5.41, 5.74) is 2.51. The fraction of sp³-hybridized carbons (Fsp3) is 0.462. The van der Waals surface area contributed by atoms with Crippen LogP contribution in [0, 0.1) is 6.92 Å². The Balaban J connectivity index is 2.11. The summed E-state index contributed by atoms with van der Waals surface area (Å²) >= 11 is 0. The molecule has 0 spiro atoms. The molecule has 0 bridgehead atoms. The van der Waals surface area contributed by atoms with Crippen LogP contribution >= 0.6 is 0 Å². The summed E-state index contributed by atoms with van der Waals surface area (Å²) in [5.74, 6) is -0.142. The highest BCUT2D eigenvalue weighted by Gasteiger charge is 1.97. The van der Waals surface area contributed by atoms with Crippen LogP contribution in [0.25, 0.3) is 0 Å². The molecule has 0 saturated heterocycles. The molecule has 0 aliphatic heterocycles. The summed E-state index contributed by atoms with van der Waals surface area (Å²) in [4.78, 5) is 10.8. The van der Waals surface area contributed by atoms with E-state index in [2.05, 4.69) is 36.5 Å². The van der Waals surface area contributed by atoms with Crippen molar-refractivity contribution in [1.29, 1.82) is 0 Å². The molecule has 0 saturated carbocycles. The molecule has 0 amide bonds. The molecule has 1 N–H and O–H groups in total. The molecule has 88 valence electrons. The Labute approximate surface area is 96.8 Å². The van der Waals surface area contributed by atoms with Crippen molar-refractivity contribution in [3.8, 4) is 0 Å². The Morgan fingerprint density at radius 1 is 1.31 bits per heavy atom. The molecule has 1 aromatic carbocycles. The number of hydrogen-bond donors (Lipinski definition) is 1.